The smallest absolute Gasteiger partial charge is 0.319 e. The van der Waals surface area contributed by atoms with E-state index in [1.54, 1.807) is 18.2 Å². The van der Waals surface area contributed by atoms with E-state index in [1.165, 1.54) is 12.1 Å². The lowest BCUT2D eigenvalue weighted by atomic mass is 9.98. The standard InChI is InChI=1S/C18H25FN4O2/c1-2-8-20-17(24)13-23-9-4-5-14(12-23)11-21-18(25)22-16-7-3-6-15(19)10-16/h2-3,6-7,10,14H,1,4-5,8-9,11-13H2,(H,20,24)(H2,21,22,25). The maximum Gasteiger partial charge on any atom is 0.319 e. The van der Waals surface area contributed by atoms with Gasteiger partial charge in [-0.05, 0) is 43.5 Å². The Bertz CT molecular complexity index is 608. The summed E-state index contributed by atoms with van der Waals surface area (Å²) in [6.45, 7) is 6.57. The third-order valence-corrected chi connectivity index (χ3v) is 4.05. The summed E-state index contributed by atoms with van der Waals surface area (Å²) in [5.41, 5.74) is 0.418. The summed E-state index contributed by atoms with van der Waals surface area (Å²) in [4.78, 5) is 25.8. The fraction of sp³-hybridized carbons (Fsp3) is 0.444. The van der Waals surface area contributed by atoms with Crippen LogP contribution in [0.1, 0.15) is 12.8 Å². The Morgan fingerprint density at radius 3 is 2.96 bits per heavy atom. The average Bonchev–Trinajstić information content (AvgIpc) is 2.58. The molecule has 0 saturated carbocycles. The predicted molar refractivity (Wildman–Crippen MR) is 95.8 cm³/mol. The first-order valence-corrected chi connectivity index (χ1v) is 8.47. The van der Waals surface area contributed by atoms with Crippen molar-refractivity contribution >= 4 is 17.6 Å². The molecule has 1 heterocycles. The summed E-state index contributed by atoms with van der Waals surface area (Å²) in [6.07, 6.45) is 3.65. The Morgan fingerprint density at radius 1 is 1.36 bits per heavy atom. The van der Waals surface area contributed by atoms with Crippen LogP contribution in [0.5, 0.6) is 0 Å². The minimum atomic E-state index is -0.393. The zero-order chi connectivity index (χ0) is 18.1. The van der Waals surface area contributed by atoms with Crippen molar-refractivity contribution < 1.29 is 14.0 Å². The van der Waals surface area contributed by atoms with Gasteiger partial charge in [0.2, 0.25) is 5.91 Å². The Labute approximate surface area is 147 Å². The van der Waals surface area contributed by atoms with E-state index in [2.05, 4.69) is 27.4 Å². The van der Waals surface area contributed by atoms with Crippen LogP contribution in [-0.2, 0) is 4.79 Å². The summed E-state index contributed by atoms with van der Waals surface area (Å²) < 4.78 is 13.1. The number of urea groups is 1. The summed E-state index contributed by atoms with van der Waals surface area (Å²) in [5.74, 6) is -0.118. The van der Waals surface area contributed by atoms with Gasteiger partial charge >= 0.3 is 6.03 Å². The van der Waals surface area contributed by atoms with Crippen molar-refractivity contribution in [1.29, 1.82) is 0 Å². The highest BCUT2D eigenvalue weighted by atomic mass is 19.1. The van der Waals surface area contributed by atoms with Crippen LogP contribution in [-0.4, -0.2) is 49.6 Å². The maximum absolute atomic E-state index is 13.1. The second kappa shape index (κ2) is 9.78. The number of halogens is 1. The molecule has 1 aromatic rings. The predicted octanol–water partition coefficient (Wildman–Crippen LogP) is 1.96. The summed E-state index contributed by atoms with van der Waals surface area (Å²) in [6, 6.07) is 5.41. The second-order valence-electron chi connectivity index (χ2n) is 6.18. The summed E-state index contributed by atoms with van der Waals surface area (Å²) >= 11 is 0. The third kappa shape index (κ3) is 6.93. The average molecular weight is 348 g/mol. The van der Waals surface area contributed by atoms with Gasteiger partial charge in [0.1, 0.15) is 5.82 Å². The number of benzene rings is 1. The molecule has 0 bridgehead atoms. The fourth-order valence-corrected chi connectivity index (χ4v) is 2.89. The van der Waals surface area contributed by atoms with Gasteiger partial charge in [-0.1, -0.05) is 12.1 Å². The molecule has 136 valence electrons. The van der Waals surface area contributed by atoms with Gasteiger partial charge in [0.25, 0.3) is 0 Å². The molecule has 1 unspecified atom stereocenters. The monoisotopic (exact) mass is 348 g/mol. The highest BCUT2D eigenvalue weighted by Crippen LogP contribution is 2.15. The molecular weight excluding hydrogens is 323 g/mol. The van der Waals surface area contributed by atoms with Gasteiger partial charge in [-0.3, -0.25) is 9.69 Å². The zero-order valence-electron chi connectivity index (χ0n) is 14.3. The lowest BCUT2D eigenvalue weighted by Gasteiger charge is -2.32. The normalized spacial score (nSPS) is 17.6. The molecule has 1 aromatic carbocycles. The van der Waals surface area contributed by atoms with Gasteiger partial charge in [-0.2, -0.15) is 0 Å². The lowest BCUT2D eigenvalue weighted by Crippen LogP contribution is -2.45. The molecule has 1 saturated heterocycles. The second-order valence-corrected chi connectivity index (χ2v) is 6.18. The van der Waals surface area contributed by atoms with Crippen LogP contribution < -0.4 is 16.0 Å². The number of carbonyl (C=O) groups is 2. The van der Waals surface area contributed by atoms with Gasteiger partial charge in [0.15, 0.2) is 0 Å². The number of nitrogens with one attached hydrogen (secondary N) is 3. The SMILES string of the molecule is C=CCNC(=O)CN1CCCC(CNC(=O)Nc2cccc(F)c2)C1. The highest BCUT2D eigenvalue weighted by molar-refractivity contribution is 5.89. The van der Waals surface area contributed by atoms with Crippen molar-refractivity contribution in [3.05, 3.63) is 42.7 Å². The van der Waals surface area contributed by atoms with Gasteiger partial charge in [-0.15, -0.1) is 6.58 Å². The molecular formula is C18H25FN4O2. The molecule has 3 N–H and O–H groups in total. The molecule has 2 rings (SSSR count). The Kier molecular flexibility index (Phi) is 7.40. The number of rotatable bonds is 7. The van der Waals surface area contributed by atoms with Crippen molar-refractivity contribution in [3.63, 3.8) is 0 Å². The summed E-state index contributed by atoms with van der Waals surface area (Å²) in [7, 11) is 0. The molecule has 1 aliphatic rings. The Hall–Kier alpha value is -2.41. The molecule has 1 aliphatic heterocycles. The van der Waals surface area contributed by atoms with E-state index < -0.39 is 5.82 Å². The van der Waals surface area contributed by atoms with Gasteiger partial charge in [0.05, 0.1) is 6.54 Å². The third-order valence-electron chi connectivity index (χ3n) is 4.05. The highest BCUT2D eigenvalue weighted by Gasteiger charge is 2.21. The van der Waals surface area contributed by atoms with Crippen molar-refractivity contribution in [2.75, 3.05) is 38.0 Å². The first kappa shape index (κ1) is 18.9. The van der Waals surface area contributed by atoms with Crippen molar-refractivity contribution in [2.24, 2.45) is 5.92 Å². The first-order chi connectivity index (χ1) is 12.1. The molecule has 1 atom stereocenters. The summed E-state index contributed by atoms with van der Waals surface area (Å²) in [5, 5.41) is 8.19. The van der Waals surface area contributed by atoms with Crippen LogP contribution >= 0.6 is 0 Å². The number of nitrogens with zero attached hydrogens (tertiary/aromatic N) is 1. The van der Waals surface area contributed by atoms with E-state index in [0.717, 1.165) is 25.9 Å². The first-order valence-electron chi connectivity index (χ1n) is 8.47. The fourth-order valence-electron chi connectivity index (χ4n) is 2.89. The van der Waals surface area contributed by atoms with Crippen LogP contribution in [0.2, 0.25) is 0 Å². The number of likely N-dealkylation sites (tertiary alicyclic amines) is 1. The van der Waals surface area contributed by atoms with E-state index in [4.69, 9.17) is 0 Å². The zero-order valence-corrected chi connectivity index (χ0v) is 14.3. The van der Waals surface area contributed by atoms with Crippen LogP contribution in [0.25, 0.3) is 0 Å². The van der Waals surface area contributed by atoms with Gasteiger partial charge in [0, 0.05) is 25.3 Å². The van der Waals surface area contributed by atoms with E-state index in [1.807, 2.05) is 0 Å². The molecule has 3 amide bonds. The Morgan fingerprint density at radius 2 is 2.20 bits per heavy atom. The molecule has 0 aliphatic carbocycles. The number of hydrogen-bond donors (Lipinski definition) is 3. The van der Waals surface area contributed by atoms with Crippen LogP contribution in [0, 0.1) is 11.7 Å². The van der Waals surface area contributed by atoms with Crippen molar-refractivity contribution in [1.82, 2.24) is 15.5 Å². The van der Waals surface area contributed by atoms with Gasteiger partial charge < -0.3 is 16.0 Å². The molecule has 25 heavy (non-hydrogen) atoms. The van der Waals surface area contributed by atoms with E-state index in [0.29, 0.717) is 31.2 Å². The molecule has 0 spiro atoms. The molecule has 0 aromatic heterocycles. The molecule has 7 heteroatoms. The molecule has 0 radical (unpaired) electrons. The number of piperidine rings is 1. The maximum atomic E-state index is 13.1. The van der Waals surface area contributed by atoms with Crippen LogP contribution in [0.4, 0.5) is 14.9 Å². The van der Waals surface area contributed by atoms with E-state index in [9.17, 15) is 14.0 Å². The topological polar surface area (TPSA) is 73.5 Å². The lowest BCUT2D eigenvalue weighted by molar-refractivity contribution is -0.122. The number of hydrogen-bond acceptors (Lipinski definition) is 3. The molecule has 6 nitrogen and oxygen atoms in total. The van der Waals surface area contributed by atoms with Crippen LogP contribution in [0.15, 0.2) is 36.9 Å². The minimum Gasteiger partial charge on any atom is -0.352 e. The van der Waals surface area contributed by atoms with E-state index in [-0.39, 0.29) is 11.9 Å². The molecule has 1 fully saturated rings. The quantitative estimate of drug-likeness (QED) is 0.660. The van der Waals surface area contributed by atoms with Gasteiger partial charge in [-0.25, -0.2) is 9.18 Å². The minimum absolute atomic E-state index is 0.0163. The van der Waals surface area contributed by atoms with E-state index >= 15 is 0 Å². The van der Waals surface area contributed by atoms with Crippen LogP contribution in [0.3, 0.4) is 0 Å². The van der Waals surface area contributed by atoms with Crippen molar-refractivity contribution in [2.45, 2.75) is 12.8 Å². The van der Waals surface area contributed by atoms with Crippen molar-refractivity contribution in [3.8, 4) is 0 Å². The largest absolute Gasteiger partial charge is 0.352 e. The number of amides is 3. The number of anilines is 1. The Balaban J connectivity index is 1.71. The number of carbonyl (C=O) groups excluding carboxylic acids is 2.